The number of carboxylic acids is 1. The van der Waals surface area contributed by atoms with Crippen molar-refractivity contribution in [2.45, 2.75) is 38.5 Å². The number of nitrogens with zero attached hydrogens (tertiary/aromatic N) is 4. The van der Waals surface area contributed by atoms with Gasteiger partial charge in [0.15, 0.2) is 0 Å². The highest BCUT2D eigenvalue weighted by atomic mass is 16.4. The van der Waals surface area contributed by atoms with E-state index in [4.69, 9.17) is 0 Å². The van der Waals surface area contributed by atoms with E-state index in [9.17, 15) is 19.5 Å². The average Bonchev–Trinajstić information content (AvgIpc) is 2.98. The summed E-state index contributed by atoms with van der Waals surface area (Å²) in [7, 11) is 1.77. The quantitative estimate of drug-likeness (QED) is 0.797. The van der Waals surface area contributed by atoms with Gasteiger partial charge in [-0.3, -0.25) is 19.1 Å². The summed E-state index contributed by atoms with van der Waals surface area (Å²) in [6, 6.07) is 5.06. The number of anilines is 1. The standard InChI is InChI=1S/C17H19N5O4/c1-20-12-4-2-10(6-11(12)3-5-15(20)23)7-21-9-14-18-19-17(26)22(14)8-13(21)16(24)25/h2,4,6,13H,3,5,7-9H2,1H3,(H,19,26)(H,24,25). The molecule has 0 aliphatic carbocycles. The molecule has 0 saturated heterocycles. The van der Waals surface area contributed by atoms with Crippen molar-refractivity contribution in [3.63, 3.8) is 0 Å². The zero-order valence-electron chi connectivity index (χ0n) is 14.3. The molecule has 26 heavy (non-hydrogen) atoms. The number of H-pyrrole nitrogens is 1. The molecule has 1 aromatic carbocycles. The van der Waals surface area contributed by atoms with Gasteiger partial charge in [0, 0.05) is 25.7 Å². The third-order valence-electron chi connectivity index (χ3n) is 5.14. The minimum Gasteiger partial charge on any atom is -0.480 e. The van der Waals surface area contributed by atoms with Gasteiger partial charge in [0.2, 0.25) is 5.91 Å². The summed E-state index contributed by atoms with van der Waals surface area (Å²) in [5, 5.41) is 15.9. The normalized spacial score (nSPS) is 20.0. The van der Waals surface area contributed by atoms with Gasteiger partial charge in [-0.05, 0) is 23.6 Å². The molecule has 9 nitrogen and oxygen atoms in total. The number of carbonyl (C=O) groups is 2. The van der Waals surface area contributed by atoms with Crippen LogP contribution in [0.1, 0.15) is 23.4 Å². The molecule has 3 heterocycles. The molecule has 0 fully saturated rings. The number of rotatable bonds is 3. The molecule has 9 heteroatoms. The van der Waals surface area contributed by atoms with Gasteiger partial charge < -0.3 is 10.0 Å². The number of aromatic amines is 1. The summed E-state index contributed by atoms with van der Waals surface area (Å²) in [6.07, 6.45) is 1.17. The molecule has 0 spiro atoms. The van der Waals surface area contributed by atoms with E-state index in [1.807, 2.05) is 18.2 Å². The van der Waals surface area contributed by atoms with Crippen LogP contribution < -0.4 is 10.6 Å². The Kier molecular flexibility index (Phi) is 3.87. The molecule has 0 bridgehead atoms. The minimum atomic E-state index is -0.966. The molecule has 2 aliphatic rings. The Morgan fingerprint density at radius 3 is 2.92 bits per heavy atom. The number of hydrogen-bond donors (Lipinski definition) is 2. The summed E-state index contributed by atoms with van der Waals surface area (Å²) in [5.41, 5.74) is 2.58. The van der Waals surface area contributed by atoms with Crippen LogP contribution in [0.3, 0.4) is 0 Å². The first-order chi connectivity index (χ1) is 12.4. The van der Waals surface area contributed by atoms with Crippen molar-refractivity contribution in [1.82, 2.24) is 19.7 Å². The summed E-state index contributed by atoms with van der Waals surface area (Å²) in [4.78, 5) is 38.7. The number of fused-ring (bicyclic) bond motifs is 2. The second kappa shape index (κ2) is 6.10. The molecular formula is C17H19N5O4. The van der Waals surface area contributed by atoms with E-state index in [-0.39, 0.29) is 24.7 Å². The fourth-order valence-corrected chi connectivity index (χ4v) is 3.68. The highest BCUT2D eigenvalue weighted by Gasteiger charge is 2.33. The van der Waals surface area contributed by atoms with Crippen molar-refractivity contribution < 1.29 is 14.7 Å². The summed E-state index contributed by atoms with van der Waals surface area (Å²) in [5.74, 6) is -0.327. The maximum absolute atomic E-state index is 11.8. The van der Waals surface area contributed by atoms with Crippen LogP contribution in [0, 0.1) is 0 Å². The van der Waals surface area contributed by atoms with Crippen LogP contribution in [0.15, 0.2) is 23.0 Å². The maximum atomic E-state index is 11.8. The number of aromatic nitrogens is 3. The lowest BCUT2D eigenvalue weighted by molar-refractivity contribution is -0.145. The number of hydrogen-bond acceptors (Lipinski definition) is 5. The van der Waals surface area contributed by atoms with E-state index in [1.165, 1.54) is 4.57 Å². The fraction of sp³-hybridized carbons (Fsp3) is 0.412. The number of amides is 1. The predicted molar refractivity (Wildman–Crippen MR) is 91.7 cm³/mol. The molecule has 2 N–H and O–H groups in total. The molecule has 1 unspecified atom stereocenters. The Morgan fingerprint density at radius 1 is 1.35 bits per heavy atom. The lowest BCUT2D eigenvalue weighted by atomic mass is 9.98. The highest BCUT2D eigenvalue weighted by molar-refractivity contribution is 5.95. The van der Waals surface area contributed by atoms with E-state index < -0.39 is 12.0 Å². The first-order valence-corrected chi connectivity index (χ1v) is 8.43. The Bertz CT molecular complexity index is 947. The van der Waals surface area contributed by atoms with Crippen LogP contribution in [0.25, 0.3) is 0 Å². The van der Waals surface area contributed by atoms with Gasteiger partial charge in [-0.15, -0.1) is 0 Å². The number of carboxylic acid groups (broad SMARTS) is 1. The van der Waals surface area contributed by atoms with Crippen molar-refractivity contribution >= 4 is 17.6 Å². The molecule has 0 radical (unpaired) electrons. The van der Waals surface area contributed by atoms with Crippen molar-refractivity contribution in [3.8, 4) is 0 Å². The number of carbonyl (C=O) groups excluding carboxylic acids is 1. The van der Waals surface area contributed by atoms with Crippen LogP contribution in [0.2, 0.25) is 0 Å². The van der Waals surface area contributed by atoms with Crippen molar-refractivity contribution in [1.29, 1.82) is 0 Å². The molecule has 1 atom stereocenters. The highest BCUT2D eigenvalue weighted by Crippen LogP contribution is 2.28. The zero-order valence-corrected chi connectivity index (χ0v) is 14.3. The average molecular weight is 357 g/mol. The number of benzene rings is 1. The number of aliphatic carboxylic acids is 1. The Morgan fingerprint density at radius 2 is 2.15 bits per heavy atom. The van der Waals surface area contributed by atoms with Crippen LogP contribution >= 0.6 is 0 Å². The molecule has 1 aromatic heterocycles. The van der Waals surface area contributed by atoms with E-state index >= 15 is 0 Å². The van der Waals surface area contributed by atoms with Gasteiger partial charge in [-0.1, -0.05) is 12.1 Å². The van der Waals surface area contributed by atoms with E-state index in [0.717, 1.165) is 16.8 Å². The van der Waals surface area contributed by atoms with E-state index in [0.29, 0.717) is 25.2 Å². The monoisotopic (exact) mass is 357 g/mol. The second-order valence-corrected chi connectivity index (χ2v) is 6.73. The fourth-order valence-electron chi connectivity index (χ4n) is 3.68. The molecule has 136 valence electrons. The van der Waals surface area contributed by atoms with Crippen molar-refractivity contribution in [3.05, 3.63) is 45.6 Å². The topological polar surface area (TPSA) is 112 Å². The van der Waals surface area contributed by atoms with Crippen LogP contribution in [0.4, 0.5) is 5.69 Å². The molecule has 2 aromatic rings. The predicted octanol–water partition coefficient (Wildman–Crippen LogP) is -0.0506. The molecule has 2 aliphatic heterocycles. The third-order valence-corrected chi connectivity index (χ3v) is 5.14. The van der Waals surface area contributed by atoms with Gasteiger partial charge in [-0.25, -0.2) is 9.89 Å². The molecule has 4 rings (SSSR count). The smallest absolute Gasteiger partial charge is 0.343 e. The number of nitrogens with one attached hydrogen (secondary N) is 1. The zero-order chi connectivity index (χ0) is 18.4. The molecular weight excluding hydrogens is 338 g/mol. The lowest BCUT2D eigenvalue weighted by Crippen LogP contribution is -2.49. The summed E-state index contributed by atoms with van der Waals surface area (Å²) >= 11 is 0. The third kappa shape index (κ3) is 2.70. The molecule has 1 amide bonds. The van der Waals surface area contributed by atoms with Gasteiger partial charge >= 0.3 is 11.7 Å². The Hall–Kier alpha value is -2.94. The largest absolute Gasteiger partial charge is 0.480 e. The summed E-state index contributed by atoms with van der Waals surface area (Å²) in [6.45, 7) is 0.788. The Balaban J connectivity index is 1.61. The van der Waals surface area contributed by atoms with E-state index in [2.05, 4.69) is 10.2 Å². The first-order valence-electron chi connectivity index (χ1n) is 8.43. The Labute approximate surface area is 148 Å². The molecule has 0 saturated carbocycles. The van der Waals surface area contributed by atoms with E-state index in [1.54, 1.807) is 16.8 Å². The second-order valence-electron chi connectivity index (χ2n) is 6.73. The summed E-state index contributed by atoms with van der Waals surface area (Å²) < 4.78 is 1.38. The van der Waals surface area contributed by atoms with Gasteiger partial charge in [0.05, 0.1) is 13.1 Å². The van der Waals surface area contributed by atoms with Gasteiger partial charge in [0.1, 0.15) is 11.9 Å². The lowest BCUT2D eigenvalue weighted by Gasteiger charge is -2.33. The maximum Gasteiger partial charge on any atom is 0.343 e. The minimum absolute atomic E-state index is 0.0716. The SMILES string of the molecule is CN1C(=O)CCc2cc(CN3Cc4n[nH]c(=O)n4CC3C(=O)O)ccc21. The van der Waals surface area contributed by atoms with Crippen molar-refractivity contribution in [2.75, 3.05) is 11.9 Å². The van der Waals surface area contributed by atoms with Gasteiger partial charge in [-0.2, -0.15) is 5.10 Å². The van der Waals surface area contributed by atoms with Crippen molar-refractivity contribution in [2.24, 2.45) is 0 Å². The number of aryl methyl sites for hydroxylation is 1. The van der Waals surface area contributed by atoms with Crippen LogP contribution in [-0.2, 0) is 35.6 Å². The van der Waals surface area contributed by atoms with Gasteiger partial charge in [0.25, 0.3) is 0 Å². The first kappa shape index (κ1) is 16.5. The van der Waals surface area contributed by atoms with Crippen LogP contribution in [-0.4, -0.2) is 49.7 Å². The van der Waals surface area contributed by atoms with Crippen LogP contribution in [0.5, 0.6) is 0 Å².